The molecule has 1 fully saturated rings. The highest BCUT2D eigenvalue weighted by Crippen LogP contribution is 2.22. The zero-order chi connectivity index (χ0) is 24.1. The lowest BCUT2D eigenvalue weighted by molar-refractivity contribution is -0.384. The molecule has 1 saturated heterocycles. The molecule has 0 bridgehead atoms. The summed E-state index contributed by atoms with van der Waals surface area (Å²) < 4.78 is 19.4. The molecule has 13 heteroatoms. The summed E-state index contributed by atoms with van der Waals surface area (Å²) in [4.78, 5) is 25.7. The number of nitro groups is 1. The topological polar surface area (TPSA) is 131 Å². The van der Waals surface area contributed by atoms with Gasteiger partial charge in [0.25, 0.3) is 5.69 Å². The van der Waals surface area contributed by atoms with Crippen molar-refractivity contribution in [2.24, 2.45) is 5.10 Å². The molecule has 4 rings (SSSR count). The van der Waals surface area contributed by atoms with Gasteiger partial charge < -0.3 is 15.0 Å². The van der Waals surface area contributed by atoms with E-state index in [0.29, 0.717) is 38.2 Å². The largest absolute Gasteiger partial charge is 0.378 e. The maximum atomic E-state index is 14.0. The van der Waals surface area contributed by atoms with Gasteiger partial charge in [-0.25, -0.2) is 9.82 Å². The number of benzene rings is 2. The quantitative estimate of drug-likeness (QED) is 0.279. The summed E-state index contributed by atoms with van der Waals surface area (Å²) >= 11 is 0. The molecule has 184 valence electrons. The standard InChI is InChI=1S/C22H23FN8O3.ClH/c1-14-3-4-15(2)19(11-14)25-20-26-21(28-22(27-20)30-7-9-34-10-8-30)29-24-13-16-12-17(31(32)33)5-6-18(16)23;/h3-6,11-13H,7-10H2,1-2H3,(H2,25,26,27,28,29);1H/b24-13+;. The molecule has 1 aliphatic rings. The monoisotopic (exact) mass is 502 g/mol. The van der Waals surface area contributed by atoms with Gasteiger partial charge in [-0.3, -0.25) is 10.1 Å². The third-order valence-corrected chi connectivity index (χ3v) is 5.12. The molecule has 0 atom stereocenters. The Balaban J connectivity index is 0.00000342. The van der Waals surface area contributed by atoms with Gasteiger partial charge >= 0.3 is 0 Å². The van der Waals surface area contributed by atoms with Gasteiger partial charge in [0.15, 0.2) is 0 Å². The molecule has 0 amide bonds. The van der Waals surface area contributed by atoms with Gasteiger partial charge in [-0.15, -0.1) is 12.4 Å². The lowest BCUT2D eigenvalue weighted by atomic mass is 10.1. The Hall–Kier alpha value is -3.90. The van der Waals surface area contributed by atoms with Gasteiger partial charge in [0.2, 0.25) is 17.8 Å². The molecule has 11 nitrogen and oxygen atoms in total. The number of non-ortho nitro benzene ring substituents is 1. The fraction of sp³-hybridized carbons (Fsp3) is 0.273. The van der Waals surface area contributed by atoms with Gasteiger partial charge in [-0.1, -0.05) is 12.1 Å². The summed E-state index contributed by atoms with van der Waals surface area (Å²) in [5.41, 5.74) is 5.35. The average Bonchev–Trinajstić information content (AvgIpc) is 2.83. The number of nitrogens with zero attached hydrogens (tertiary/aromatic N) is 6. The van der Waals surface area contributed by atoms with Crippen LogP contribution in [0.25, 0.3) is 0 Å². The number of anilines is 4. The first-order valence-corrected chi connectivity index (χ1v) is 10.5. The fourth-order valence-electron chi connectivity index (χ4n) is 3.27. The molecular weight excluding hydrogens is 479 g/mol. The molecule has 1 aliphatic heterocycles. The predicted molar refractivity (Wildman–Crippen MR) is 134 cm³/mol. The molecule has 0 radical (unpaired) electrons. The van der Waals surface area contributed by atoms with Crippen molar-refractivity contribution >= 4 is 47.8 Å². The molecule has 2 N–H and O–H groups in total. The number of rotatable bonds is 7. The molecule has 0 spiro atoms. The minimum atomic E-state index is -0.641. The third-order valence-electron chi connectivity index (χ3n) is 5.12. The van der Waals surface area contributed by atoms with E-state index < -0.39 is 10.7 Å². The minimum Gasteiger partial charge on any atom is -0.378 e. The van der Waals surface area contributed by atoms with Gasteiger partial charge in [0.05, 0.1) is 24.4 Å². The number of aromatic nitrogens is 3. The number of halogens is 2. The van der Waals surface area contributed by atoms with Gasteiger partial charge in [-0.05, 0) is 37.1 Å². The second kappa shape index (κ2) is 11.5. The third kappa shape index (κ3) is 6.58. The Morgan fingerprint density at radius 2 is 1.86 bits per heavy atom. The van der Waals surface area contributed by atoms with Gasteiger partial charge in [0, 0.05) is 36.5 Å². The maximum absolute atomic E-state index is 14.0. The van der Waals surface area contributed by atoms with Crippen molar-refractivity contribution in [2.75, 3.05) is 41.9 Å². The van der Waals surface area contributed by atoms with E-state index in [2.05, 4.69) is 30.8 Å². The van der Waals surface area contributed by atoms with Crippen LogP contribution >= 0.6 is 12.4 Å². The Kier molecular flexibility index (Phi) is 8.44. The van der Waals surface area contributed by atoms with Crippen molar-refractivity contribution in [2.45, 2.75) is 13.8 Å². The second-order valence-electron chi connectivity index (χ2n) is 7.66. The van der Waals surface area contributed by atoms with Crippen LogP contribution in [-0.2, 0) is 4.74 Å². The summed E-state index contributed by atoms with van der Waals surface area (Å²) in [6, 6.07) is 9.21. The van der Waals surface area contributed by atoms with E-state index in [4.69, 9.17) is 4.74 Å². The van der Waals surface area contributed by atoms with E-state index in [1.807, 2.05) is 36.9 Å². The number of hydrogen-bond acceptors (Lipinski definition) is 10. The zero-order valence-corrected chi connectivity index (χ0v) is 19.9. The van der Waals surface area contributed by atoms with E-state index in [1.165, 1.54) is 0 Å². The van der Waals surface area contributed by atoms with Crippen molar-refractivity contribution in [3.8, 4) is 0 Å². The summed E-state index contributed by atoms with van der Waals surface area (Å²) in [6.45, 7) is 6.31. The normalized spacial score (nSPS) is 13.4. The van der Waals surface area contributed by atoms with E-state index in [0.717, 1.165) is 41.2 Å². The van der Waals surface area contributed by atoms with Gasteiger partial charge in [0.1, 0.15) is 5.82 Å². The predicted octanol–water partition coefficient (Wildman–Crippen LogP) is 3.98. The zero-order valence-electron chi connectivity index (χ0n) is 19.1. The van der Waals surface area contributed by atoms with Crippen molar-refractivity contribution in [1.29, 1.82) is 0 Å². The number of nitrogens with one attached hydrogen (secondary N) is 2. The first-order valence-electron chi connectivity index (χ1n) is 10.5. The minimum absolute atomic E-state index is 0. The molecule has 2 aromatic carbocycles. The number of morpholine rings is 1. The lowest BCUT2D eigenvalue weighted by Crippen LogP contribution is -2.37. The molecular formula is C22H24ClFN8O3. The highest BCUT2D eigenvalue weighted by atomic mass is 35.5. The summed E-state index contributed by atoms with van der Waals surface area (Å²) in [7, 11) is 0. The maximum Gasteiger partial charge on any atom is 0.270 e. The summed E-state index contributed by atoms with van der Waals surface area (Å²) in [5, 5.41) is 18.2. The SMILES string of the molecule is Cc1ccc(C)c(Nc2nc(N/N=C/c3cc([N+](=O)[O-])ccc3F)nc(N3CCOCC3)n2)c1.Cl. The van der Waals surface area contributed by atoms with Crippen LogP contribution in [0.4, 0.5) is 33.6 Å². The average molecular weight is 503 g/mol. The Bertz CT molecular complexity index is 1240. The van der Waals surface area contributed by atoms with Crippen LogP contribution in [0.2, 0.25) is 0 Å². The van der Waals surface area contributed by atoms with Crippen LogP contribution in [0.1, 0.15) is 16.7 Å². The molecule has 0 saturated carbocycles. The molecule has 35 heavy (non-hydrogen) atoms. The highest BCUT2D eigenvalue weighted by Gasteiger charge is 2.17. The number of nitro benzene ring substituents is 1. The van der Waals surface area contributed by atoms with E-state index in [9.17, 15) is 14.5 Å². The van der Waals surface area contributed by atoms with Crippen LogP contribution in [0.15, 0.2) is 41.5 Å². The Labute approximate surface area is 207 Å². The van der Waals surface area contributed by atoms with Crippen LogP contribution in [0.5, 0.6) is 0 Å². The number of aryl methyl sites for hydroxylation is 2. The van der Waals surface area contributed by atoms with E-state index >= 15 is 0 Å². The highest BCUT2D eigenvalue weighted by molar-refractivity contribution is 5.85. The number of hydrogen-bond donors (Lipinski definition) is 2. The first-order chi connectivity index (χ1) is 16.4. The Morgan fingerprint density at radius 1 is 1.11 bits per heavy atom. The molecule has 2 heterocycles. The second-order valence-corrected chi connectivity index (χ2v) is 7.66. The van der Waals surface area contributed by atoms with Crippen LogP contribution < -0.4 is 15.6 Å². The van der Waals surface area contributed by atoms with Gasteiger partial charge in [-0.2, -0.15) is 20.1 Å². The summed E-state index contributed by atoms with van der Waals surface area (Å²) in [5.74, 6) is 0.235. The number of hydrazone groups is 1. The van der Waals surface area contributed by atoms with Crippen molar-refractivity contribution in [1.82, 2.24) is 15.0 Å². The van der Waals surface area contributed by atoms with Crippen LogP contribution in [0, 0.1) is 29.8 Å². The van der Waals surface area contributed by atoms with E-state index in [-0.39, 0.29) is 29.6 Å². The Morgan fingerprint density at radius 3 is 2.60 bits per heavy atom. The molecule has 3 aromatic rings. The molecule has 0 aliphatic carbocycles. The van der Waals surface area contributed by atoms with E-state index in [1.54, 1.807) is 0 Å². The van der Waals surface area contributed by atoms with Crippen molar-refractivity contribution < 1.29 is 14.1 Å². The van der Waals surface area contributed by atoms with Crippen molar-refractivity contribution in [3.63, 3.8) is 0 Å². The first kappa shape index (κ1) is 25.7. The van der Waals surface area contributed by atoms with Crippen molar-refractivity contribution in [3.05, 3.63) is 69.0 Å². The smallest absolute Gasteiger partial charge is 0.270 e. The van der Waals surface area contributed by atoms with Crippen LogP contribution in [-0.4, -0.2) is 52.4 Å². The molecule has 1 aromatic heterocycles. The fourth-order valence-corrected chi connectivity index (χ4v) is 3.27. The number of ether oxygens (including phenoxy) is 1. The molecule has 0 unspecified atom stereocenters. The van der Waals surface area contributed by atoms with Crippen LogP contribution in [0.3, 0.4) is 0 Å². The lowest BCUT2D eigenvalue weighted by Gasteiger charge is -2.27. The summed E-state index contributed by atoms with van der Waals surface area (Å²) in [6.07, 6.45) is 1.14.